The maximum atomic E-state index is 11.2. The molecule has 0 saturated carbocycles. The highest BCUT2D eigenvalue weighted by atomic mass is 16.5. The molecular weight excluding hydrogens is 168 g/mol. The maximum Gasteiger partial charge on any atom is 0.336 e. The third-order valence-electron chi connectivity index (χ3n) is 1.85. The Balaban J connectivity index is 4.72. The van der Waals surface area contributed by atoms with Crippen LogP contribution in [0.15, 0.2) is 11.6 Å². The number of hydrogen-bond donors (Lipinski definition) is 1. The summed E-state index contributed by atoms with van der Waals surface area (Å²) in [5.74, 6) is -0.468. The molecule has 0 rings (SSSR count). The van der Waals surface area contributed by atoms with Gasteiger partial charge in [0.15, 0.2) is 0 Å². The van der Waals surface area contributed by atoms with Gasteiger partial charge in [0, 0.05) is 0 Å². The minimum Gasteiger partial charge on any atom is -0.466 e. The molecule has 1 atom stereocenters. The average molecular weight is 186 g/mol. The first-order chi connectivity index (χ1) is 5.84. The number of methoxy groups -OCH3 is 1. The molecule has 0 heterocycles. The van der Waals surface area contributed by atoms with Crippen LogP contribution in [0.5, 0.6) is 0 Å². The second-order valence-corrected chi connectivity index (χ2v) is 4.00. The second kappa shape index (κ2) is 4.42. The molecule has 0 aromatic carbocycles. The molecule has 0 aliphatic rings. The lowest BCUT2D eigenvalue weighted by atomic mass is 9.84. The van der Waals surface area contributed by atoms with Crippen molar-refractivity contribution in [3.8, 4) is 0 Å². The zero-order chi connectivity index (χ0) is 10.6. The number of carbonyl (C=O) groups excluding carboxylic acids is 1. The van der Waals surface area contributed by atoms with Gasteiger partial charge in [-0.25, -0.2) is 4.79 Å². The summed E-state index contributed by atoms with van der Waals surface area (Å²) in [6.07, 6.45) is 0.798. The number of carbonyl (C=O) groups is 1. The first-order valence-electron chi connectivity index (χ1n) is 4.27. The van der Waals surface area contributed by atoms with Crippen LogP contribution in [0.1, 0.15) is 27.7 Å². The summed E-state index contributed by atoms with van der Waals surface area (Å²) < 4.78 is 4.55. The fraction of sp³-hybridized carbons (Fsp3) is 0.700. The van der Waals surface area contributed by atoms with Gasteiger partial charge in [0.05, 0.1) is 18.8 Å². The van der Waals surface area contributed by atoms with Crippen LogP contribution < -0.4 is 0 Å². The minimum absolute atomic E-state index is 0.315. The van der Waals surface area contributed by atoms with Gasteiger partial charge in [-0.3, -0.25) is 0 Å². The lowest BCUT2D eigenvalue weighted by Gasteiger charge is -2.26. The van der Waals surface area contributed by atoms with Crippen molar-refractivity contribution in [1.82, 2.24) is 0 Å². The zero-order valence-corrected chi connectivity index (χ0v) is 8.92. The molecular formula is C10H18O3. The quantitative estimate of drug-likeness (QED) is 0.525. The topological polar surface area (TPSA) is 46.5 Å². The Hall–Kier alpha value is -0.830. The van der Waals surface area contributed by atoms with E-state index in [0.29, 0.717) is 5.57 Å². The van der Waals surface area contributed by atoms with E-state index in [4.69, 9.17) is 0 Å². The number of allylic oxidation sites excluding steroid dienone is 1. The van der Waals surface area contributed by atoms with Crippen LogP contribution in [0.3, 0.4) is 0 Å². The summed E-state index contributed by atoms with van der Waals surface area (Å²) in [6, 6.07) is 0. The molecule has 3 heteroatoms. The molecule has 0 amide bonds. The van der Waals surface area contributed by atoms with E-state index in [-0.39, 0.29) is 5.41 Å². The lowest BCUT2D eigenvalue weighted by Crippen LogP contribution is -2.31. The molecule has 3 nitrogen and oxygen atoms in total. The summed E-state index contributed by atoms with van der Waals surface area (Å²) in [6.45, 7) is 7.31. The third-order valence-corrected chi connectivity index (χ3v) is 1.85. The molecule has 0 unspecified atom stereocenters. The van der Waals surface area contributed by atoms with E-state index in [2.05, 4.69) is 4.74 Å². The van der Waals surface area contributed by atoms with Crippen LogP contribution in [-0.4, -0.2) is 24.3 Å². The van der Waals surface area contributed by atoms with E-state index in [1.807, 2.05) is 20.8 Å². The Bertz CT molecular complexity index is 211. The lowest BCUT2D eigenvalue weighted by molar-refractivity contribution is -0.138. The predicted molar refractivity (Wildman–Crippen MR) is 51.2 cm³/mol. The van der Waals surface area contributed by atoms with E-state index >= 15 is 0 Å². The number of aliphatic hydroxyl groups excluding tert-OH is 1. The second-order valence-electron chi connectivity index (χ2n) is 4.00. The maximum absolute atomic E-state index is 11.2. The molecule has 0 aliphatic carbocycles. The van der Waals surface area contributed by atoms with Crippen molar-refractivity contribution in [2.45, 2.75) is 33.8 Å². The summed E-state index contributed by atoms with van der Waals surface area (Å²) in [5.41, 5.74) is -0.0363. The van der Waals surface area contributed by atoms with Gasteiger partial charge in [-0.2, -0.15) is 0 Å². The average Bonchev–Trinajstić information content (AvgIpc) is 2.03. The van der Waals surface area contributed by atoms with Crippen molar-refractivity contribution in [1.29, 1.82) is 0 Å². The van der Waals surface area contributed by atoms with Crippen LogP contribution in [0.2, 0.25) is 0 Å². The molecule has 0 fully saturated rings. The van der Waals surface area contributed by atoms with Gasteiger partial charge in [0.1, 0.15) is 0 Å². The van der Waals surface area contributed by atoms with Gasteiger partial charge >= 0.3 is 5.97 Å². The minimum atomic E-state index is -0.787. The van der Waals surface area contributed by atoms with Crippen LogP contribution in [0.4, 0.5) is 0 Å². The fourth-order valence-corrected chi connectivity index (χ4v) is 0.972. The highest BCUT2D eigenvalue weighted by molar-refractivity contribution is 5.89. The SMILES string of the molecule is C/C=C(/C(=O)OC)[C@H](O)C(C)(C)C. The van der Waals surface area contributed by atoms with Crippen LogP contribution in [-0.2, 0) is 9.53 Å². The van der Waals surface area contributed by atoms with E-state index in [0.717, 1.165) is 0 Å². The van der Waals surface area contributed by atoms with Gasteiger partial charge in [0.2, 0.25) is 0 Å². The molecule has 76 valence electrons. The first kappa shape index (κ1) is 12.2. The van der Waals surface area contributed by atoms with Crippen molar-refractivity contribution in [3.63, 3.8) is 0 Å². The van der Waals surface area contributed by atoms with Crippen molar-refractivity contribution in [2.75, 3.05) is 7.11 Å². The molecule has 0 radical (unpaired) electrons. The Kier molecular flexibility index (Phi) is 4.14. The van der Waals surface area contributed by atoms with Crippen LogP contribution in [0, 0.1) is 5.41 Å². The number of hydrogen-bond acceptors (Lipinski definition) is 3. The fourth-order valence-electron chi connectivity index (χ4n) is 0.972. The summed E-state index contributed by atoms with van der Waals surface area (Å²) in [5, 5.41) is 9.78. The smallest absolute Gasteiger partial charge is 0.336 e. The summed E-state index contributed by atoms with van der Waals surface area (Å²) in [4.78, 5) is 11.2. The number of esters is 1. The predicted octanol–water partition coefficient (Wildman–Crippen LogP) is 1.51. The Labute approximate surface area is 79.4 Å². The molecule has 0 aromatic rings. The van der Waals surface area contributed by atoms with E-state index in [1.165, 1.54) is 7.11 Å². The number of aliphatic hydroxyl groups is 1. The van der Waals surface area contributed by atoms with Gasteiger partial charge in [-0.15, -0.1) is 0 Å². The van der Waals surface area contributed by atoms with Crippen molar-refractivity contribution in [3.05, 3.63) is 11.6 Å². The standard InChI is InChI=1S/C10H18O3/c1-6-7(9(12)13-5)8(11)10(2,3)4/h6,8,11H,1-5H3/b7-6+/t8-/m0/s1. The van der Waals surface area contributed by atoms with Crippen molar-refractivity contribution >= 4 is 5.97 Å². The summed E-state index contributed by atoms with van der Waals surface area (Å²) >= 11 is 0. The van der Waals surface area contributed by atoms with Gasteiger partial charge in [-0.1, -0.05) is 26.8 Å². The third kappa shape index (κ3) is 3.19. The summed E-state index contributed by atoms with van der Waals surface area (Å²) in [7, 11) is 1.31. The molecule has 0 saturated heterocycles. The molecule has 13 heavy (non-hydrogen) atoms. The monoisotopic (exact) mass is 186 g/mol. The van der Waals surface area contributed by atoms with Gasteiger partial charge in [0.25, 0.3) is 0 Å². The van der Waals surface area contributed by atoms with Crippen molar-refractivity contribution in [2.24, 2.45) is 5.41 Å². The van der Waals surface area contributed by atoms with Gasteiger partial charge in [-0.05, 0) is 12.3 Å². The number of rotatable bonds is 2. The molecule has 0 aliphatic heterocycles. The van der Waals surface area contributed by atoms with E-state index in [1.54, 1.807) is 13.0 Å². The normalized spacial score (nSPS) is 15.4. The number of ether oxygens (including phenoxy) is 1. The molecule has 0 bridgehead atoms. The zero-order valence-electron chi connectivity index (χ0n) is 8.92. The van der Waals surface area contributed by atoms with E-state index in [9.17, 15) is 9.90 Å². The van der Waals surface area contributed by atoms with Crippen LogP contribution >= 0.6 is 0 Å². The van der Waals surface area contributed by atoms with Crippen LogP contribution in [0.25, 0.3) is 0 Å². The van der Waals surface area contributed by atoms with E-state index < -0.39 is 12.1 Å². The Morgan fingerprint density at radius 2 is 1.92 bits per heavy atom. The highest BCUT2D eigenvalue weighted by Crippen LogP contribution is 2.25. The van der Waals surface area contributed by atoms with Crippen molar-refractivity contribution < 1.29 is 14.6 Å². The first-order valence-corrected chi connectivity index (χ1v) is 4.27. The molecule has 0 aromatic heterocycles. The molecule has 1 N–H and O–H groups in total. The highest BCUT2D eigenvalue weighted by Gasteiger charge is 2.29. The Morgan fingerprint density at radius 3 is 2.15 bits per heavy atom. The molecule has 0 spiro atoms. The van der Waals surface area contributed by atoms with Gasteiger partial charge < -0.3 is 9.84 Å². The Morgan fingerprint density at radius 1 is 1.46 bits per heavy atom. The largest absolute Gasteiger partial charge is 0.466 e.